The smallest absolute Gasteiger partial charge is 0.226 e. The Morgan fingerprint density at radius 2 is 1.57 bits per heavy atom. The Morgan fingerprint density at radius 1 is 0.833 bits per heavy atom. The predicted molar refractivity (Wildman–Crippen MR) is 121 cm³/mol. The van der Waals surface area contributed by atoms with E-state index in [1.807, 2.05) is 11.8 Å². The fraction of sp³-hybridized carbons (Fsp3) is 0.625. The monoisotopic (exact) mass is 416 g/mol. The lowest BCUT2D eigenvalue weighted by molar-refractivity contribution is -0.132. The molecule has 0 unspecified atom stereocenters. The number of unbranched alkanes of at least 4 members (excludes halogenated alkanes) is 4. The zero-order valence-electron chi connectivity index (χ0n) is 18.7. The second-order valence-electron chi connectivity index (χ2n) is 7.59. The number of carbonyl (C=O) groups is 3. The highest BCUT2D eigenvalue weighted by Gasteiger charge is 2.14. The van der Waals surface area contributed by atoms with Crippen LogP contribution in [0.4, 0.5) is 5.69 Å². The second kappa shape index (κ2) is 16.4. The molecular weight excluding hydrogens is 378 g/mol. The van der Waals surface area contributed by atoms with Gasteiger partial charge in [0, 0.05) is 44.6 Å². The van der Waals surface area contributed by atoms with E-state index < -0.39 is 0 Å². The van der Waals surface area contributed by atoms with E-state index in [9.17, 15) is 14.4 Å². The van der Waals surface area contributed by atoms with E-state index in [1.165, 1.54) is 0 Å². The normalized spacial score (nSPS) is 10.5. The molecule has 0 atom stereocenters. The van der Waals surface area contributed by atoms with Gasteiger partial charge in [-0.25, -0.2) is 0 Å². The molecule has 0 saturated carbocycles. The van der Waals surface area contributed by atoms with Crippen molar-refractivity contribution >= 4 is 23.4 Å². The van der Waals surface area contributed by atoms with E-state index in [1.54, 1.807) is 24.3 Å². The molecule has 3 amide bonds. The van der Waals surface area contributed by atoms with Gasteiger partial charge in [-0.05, 0) is 43.9 Å². The molecule has 6 nitrogen and oxygen atoms in total. The van der Waals surface area contributed by atoms with Gasteiger partial charge >= 0.3 is 0 Å². The Kier molecular flexibility index (Phi) is 14.1. The van der Waals surface area contributed by atoms with Crippen molar-refractivity contribution in [3.8, 4) is 0 Å². The van der Waals surface area contributed by atoms with E-state index in [-0.39, 0.29) is 17.7 Å². The number of hydrogen-bond acceptors (Lipinski definition) is 3. The molecule has 0 saturated heterocycles. The maximum atomic E-state index is 12.5. The third-order valence-electron chi connectivity index (χ3n) is 4.86. The van der Waals surface area contributed by atoms with Gasteiger partial charge in [0.25, 0.3) is 0 Å². The highest BCUT2D eigenvalue weighted by molar-refractivity contribution is 5.91. The first-order valence-corrected chi connectivity index (χ1v) is 11.4. The molecule has 0 aliphatic heterocycles. The number of nitrogens with one attached hydrogen (secondary N) is 2. The SMILES string of the molecule is CCCCC(=O)N(CCCCCCNC(=O)CCC)CCC(=O)Nc1cc[c]cc1. The van der Waals surface area contributed by atoms with Crippen LogP contribution >= 0.6 is 0 Å². The summed E-state index contributed by atoms with van der Waals surface area (Å²) in [7, 11) is 0. The molecule has 0 fully saturated rings. The van der Waals surface area contributed by atoms with E-state index >= 15 is 0 Å². The Labute approximate surface area is 181 Å². The van der Waals surface area contributed by atoms with Crippen LogP contribution in [-0.4, -0.2) is 42.3 Å². The molecule has 1 radical (unpaired) electrons. The molecule has 30 heavy (non-hydrogen) atoms. The number of nitrogens with zero attached hydrogens (tertiary/aromatic N) is 1. The number of anilines is 1. The van der Waals surface area contributed by atoms with Crippen LogP contribution in [0.25, 0.3) is 0 Å². The molecule has 1 rings (SSSR count). The van der Waals surface area contributed by atoms with Gasteiger partial charge in [-0.3, -0.25) is 14.4 Å². The first-order chi connectivity index (χ1) is 14.6. The zero-order chi connectivity index (χ0) is 22.0. The number of carbonyl (C=O) groups excluding carboxylic acids is 3. The van der Waals surface area contributed by atoms with Crippen LogP contribution in [0.1, 0.15) is 78.1 Å². The number of amides is 3. The first kappa shape index (κ1) is 25.7. The van der Waals surface area contributed by atoms with Crippen molar-refractivity contribution in [2.24, 2.45) is 0 Å². The Balaban J connectivity index is 2.32. The lowest BCUT2D eigenvalue weighted by atomic mass is 10.1. The minimum Gasteiger partial charge on any atom is -0.356 e. The lowest BCUT2D eigenvalue weighted by Crippen LogP contribution is -2.34. The Bertz CT molecular complexity index is 619. The van der Waals surface area contributed by atoms with Crippen molar-refractivity contribution in [3.63, 3.8) is 0 Å². The second-order valence-corrected chi connectivity index (χ2v) is 7.59. The van der Waals surface area contributed by atoms with Gasteiger partial charge in [-0.1, -0.05) is 45.2 Å². The summed E-state index contributed by atoms with van der Waals surface area (Å²) in [4.78, 5) is 38.0. The van der Waals surface area contributed by atoms with E-state index in [0.29, 0.717) is 32.4 Å². The minimum absolute atomic E-state index is 0.0858. The Hall–Kier alpha value is -2.37. The van der Waals surface area contributed by atoms with Crippen molar-refractivity contribution in [1.82, 2.24) is 10.2 Å². The van der Waals surface area contributed by atoms with Crippen LogP contribution in [-0.2, 0) is 14.4 Å². The molecule has 167 valence electrons. The molecule has 0 spiro atoms. The fourth-order valence-corrected chi connectivity index (χ4v) is 3.10. The number of rotatable bonds is 16. The first-order valence-electron chi connectivity index (χ1n) is 11.4. The van der Waals surface area contributed by atoms with Gasteiger partial charge in [0.05, 0.1) is 0 Å². The summed E-state index contributed by atoms with van der Waals surface area (Å²) in [6.07, 6.45) is 8.04. The van der Waals surface area contributed by atoms with Gasteiger partial charge < -0.3 is 15.5 Å². The Morgan fingerprint density at radius 3 is 2.27 bits per heavy atom. The van der Waals surface area contributed by atoms with E-state index in [0.717, 1.165) is 57.2 Å². The maximum Gasteiger partial charge on any atom is 0.226 e. The summed E-state index contributed by atoms with van der Waals surface area (Å²) < 4.78 is 0. The van der Waals surface area contributed by atoms with Crippen LogP contribution in [0.3, 0.4) is 0 Å². The molecule has 0 heterocycles. The van der Waals surface area contributed by atoms with E-state index in [2.05, 4.69) is 23.6 Å². The van der Waals surface area contributed by atoms with Crippen LogP contribution in [0.15, 0.2) is 24.3 Å². The van der Waals surface area contributed by atoms with Crippen molar-refractivity contribution in [3.05, 3.63) is 30.3 Å². The number of hydrogen-bond donors (Lipinski definition) is 2. The highest BCUT2D eigenvalue weighted by atomic mass is 16.2. The summed E-state index contributed by atoms with van der Waals surface area (Å²) in [5.74, 6) is 0.167. The molecule has 0 aliphatic rings. The maximum absolute atomic E-state index is 12.5. The predicted octanol–water partition coefficient (Wildman–Crippen LogP) is 4.31. The zero-order valence-corrected chi connectivity index (χ0v) is 18.7. The number of benzene rings is 1. The molecule has 2 N–H and O–H groups in total. The van der Waals surface area contributed by atoms with Crippen LogP contribution in [0.5, 0.6) is 0 Å². The average Bonchev–Trinajstić information content (AvgIpc) is 2.74. The standard InChI is InChI=1S/C24H38N3O3/c1-3-5-16-24(30)27(19-12-7-6-11-18-25-22(28)13-4-2)20-17-23(29)26-21-14-9-8-10-15-21/h9-10,14-15H,3-7,11-13,16-20H2,1-2H3,(H,25,28)(H,26,29). The summed E-state index contributed by atoms with van der Waals surface area (Å²) in [5, 5.41) is 5.78. The molecule has 0 aliphatic carbocycles. The van der Waals surface area contributed by atoms with Crippen LogP contribution < -0.4 is 10.6 Å². The summed E-state index contributed by atoms with van der Waals surface area (Å²) in [6, 6.07) is 10.0. The third-order valence-corrected chi connectivity index (χ3v) is 4.86. The lowest BCUT2D eigenvalue weighted by Gasteiger charge is -2.22. The molecule has 0 aromatic heterocycles. The summed E-state index contributed by atoms with van der Waals surface area (Å²) in [6.45, 7) is 5.91. The topological polar surface area (TPSA) is 78.5 Å². The fourth-order valence-electron chi connectivity index (χ4n) is 3.10. The molecule has 6 heteroatoms. The van der Waals surface area contributed by atoms with Gasteiger partial charge in [0.2, 0.25) is 17.7 Å². The van der Waals surface area contributed by atoms with Gasteiger partial charge in [0.15, 0.2) is 0 Å². The molecular formula is C24H38N3O3. The van der Waals surface area contributed by atoms with Gasteiger partial charge in [0.1, 0.15) is 0 Å². The van der Waals surface area contributed by atoms with E-state index in [4.69, 9.17) is 0 Å². The van der Waals surface area contributed by atoms with Crippen molar-refractivity contribution in [2.75, 3.05) is 25.0 Å². The molecule has 1 aromatic carbocycles. The van der Waals surface area contributed by atoms with Crippen LogP contribution in [0.2, 0.25) is 0 Å². The van der Waals surface area contributed by atoms with Gasteiger partial charge in [-0.2, -0.15) is 0 Å². The summed E-state index contributed by atoms with van der Waals surface area (Å²) >= 11 is 0. The van der Waals surface area contributed by atoms with Crippen molar-refractivity contribution < 1.29 is 14.4 Å². The van der Waals surface area contributed by atoms with Gasteiger partial charge in [-0.15, -0.1) is 0 Å². The largest absolute Gasteiger partial charge is 0.356 e. The minimum atomic E-state index is -0.0858. The average molecular weight is 417 g/mol. The third kappa shape index (κ3) is 12.2. The van der Waals surface area contributed by atoms with Crippen LogP contribution in [0, 0.1) is 6.07 Å². The highest BCUT2D eigenvalue weighted by Crippen LogP contribution is 2.09. The summed E-state index contributed by atoms with van der Waals surface area (Å²) in [5.41, 5.74) is 0.744. The quantitative estimate of drug-likeness (QED) is 0.394. The van der Waals surface area contributed by atoms with Crippen molar-refractivity contribution in [2.45, 2.75) is 78.1 Å². The molecule has 0 bridgehead atoms. The molecule has 1 aromatic rings. The van der Waals surface area contributed by atoms with Crippen molar-refractivity contribution in [1.29, 1.82) is 0 Å².